The van der Waals surface area contributed by atoms with E-state index in [0.29, 0.717) is 5.75 Å². The highest BCUT2D eigenvalue weighted by molar-refractivity contribution is 5.49. The normalized spacial score (nSPS) is 9.22. The third-order valence-corrected chi connectivity index (χ3v) is 2.47. The molecule has 2 aromatic carbocycles. The highest BCUT2D eigenvalue weighted by Crippen LogP contribution is 2.12. The molecular formula is C16H21NO. The quantitative estimate of drug-likeness (QED) is 0.846. The van der Waals surface area contributed by atoms with Crippen LogP contribution < -0.4 is 5.32 Å². The zero-order valence-corrected chi connectivity index (χ0v) is 11.1. The van der Waals surface area contributed by atoms with E-state index in [2.05, 4.69) is 43.4 Å². The van der Waals surface area contributed by atoms with E-state index < -0.39 is 0 Å². The molecule has 0 fully saturated rings. The van der Waals surface area contributed by atoms with Gasteiger partial charge >= 0.3 is 0 Å². The fraction of sp³-hybridized carbons (Fsp3) is 0.250. The highest BCUT2D eigenvalue weighted by atomic mass is 16.3. The summed E-state index contributed by atoms with van der Waals surface area (Å²) in [6, 6.07) is 17.1. The minimum absolute atomic E-state index is 0.322. The summed E-state index contributed by atoms with van der Waals surface area (Å²) in [6.07, 6.45) is 1.17. The Hall–Kier alpha value is -1.96. The number of benzene rings is 2. The SMILES string of the molecule is CCCNc1ccccc1C.Oc1ccccc1. The van der Waals surface area contributed by atoms with Gasteiger partial charge in [-0.15, -0.1) is 0 Å². The van der Waals surface area contributed by atoms with Crippen molar-refractivity contribution >= 4 is 5.69 Å². The molecule has 0 saturated carbocycles. The molecule has 2 rings (SSSR count). The molecule has 2 heteroatoms. The van der Waals surface area contributed by atoms with Gasteiger partial charge in [0.1, 0.15) is 5.75 Å². The summed E-state index contributed by atoms with van der Waals surface area (Å²) in [5.41, 5.74) is 2.58. The summed E-state index contributed by atoms with van der Waals surface area (Å²) in [6.45, 7) is 5.36. The lowest BCUT2D eigenvalue weighted by molar-refractivity contribution is 0.475. The number of rotatable bonds is 3. The predicted molar refractivity (Wildman–Crippen MR) is 78.1 cm³/mol. The fourth-order valence-corrected chi connectivity index (χ4v) is 1.46. The monoisotopic (exact) mass is 243 g/mol. The molecular weight excluding hydrogens is 222 g/mol. The standard InChI is InChI=1S/C10H15N.C6H6O/c1-3-8-11-10-7-5-4-6-9(10)2;7-6-4-2-1-3-5-6/h4-7,11H,3,8H2,1-2H3;1-5,7H. The third-order valence-electron chi connectivity index (χ3n) is 2.47. The summed E-state index contributed by atoms with van der Waals surface area (Å²) in [4.78, 5) is 0. The highest BCUT2D eigenvalue weighted by Gasteiger charge is 1.92. The number of nitrogens with one attached hydrogen (secondary N) is 1. The fourth-order valence-electron chi connectivity index (χ4n) is 1.46. The molecule has 0 saturated heterocycles. The molecule has 0 atom stereocenters. The Labute approximate surface area is 109 Å². The first kappa shape index (κ1) is 14.1. The van der Waals surface area contributed by atoms with Crippen LogP contribution in [0, 0.1) is 6.92 Å². The van der Waals surface area contributed by atoms with E-state index in [-0.39, 0.29) is 0 Å². The summed E-state index contributed by atoms with van der Waals surface area (Å²) in [5.74, 6) is 0.322. The largest absolute Gasteiger partial charge is 0.508 e. The molecule has 0 bridgehead atoms. The molecule has 0 amide bonds. The molecule has 0 spiro atoms. The molecule has 2 aromatic rings. The van der Waals surface area contributed by atoms with Crippen molar-refractivity contribution in [2.24, 2.45) is 0 Å². The zero-order valence-electron chi connectivity index (χ0n) is 11.1. The van der Waals surface area contributed by atoms with Crippen LogP contribution in [0.2, 0.25) is 0 Å². The van der Waals surface area contributed by atoms with Gasteiger partial charge < -0.3 is 10.4 Å². The molecule has 0 aliphatic carbocycles. The lowest BCUT2D eigenvalue weighted by Crippen LogP contribution is -2.00. The molecule has 0 unspecified atom stereocenters. The van der Waals surface area contributed by atoms with Gasteiger partial charge in [0.15, 0.2) is 0 Å². The van der Waals surface area contributed by atoms with Gasteiger partial charge in [0.25, 0.3) is 0 Å². The first-order valence-electron chi connectivity index (χ1n) is 6.27. The minimum Gasteiger partial charge on any atom is -0.508 e. The van der Waals surface area contributed by atoms with Gasteiger partial charge in [-0.2, -0.15) is 0 Å². The van der Waals surface area contributed by atoms with Crippen molar-refractivity contribution in [3.05, 3.63) is 60.2 Å². The number of aryl methyl sites for hydroxylation is 1. The van der Waals surface area contributed by atoms with Crippen molar-refractivity contribution in [3.8, 4) is 5.75 Å². The topological polar surface area (TPSA) is 32.3 Å². The maximum Gasteiger partial charge on any atom is 0.115 e. The number of para-hydroxylation sites is 2. The van der Waals surface area contributed by atoms with Gasteiger partial charge in [-0.1, -0.05) is 43.3 Å². The Bertz CT molecular complexity index is 440. The molecule has 0 radical (unpaired) electrons. The van der Waals surface area contributed by atoms with E-state index in [0.717, 1.165) is 6.54 Å². The Balaban J connectivity index is 0.000000199. The van der Waals surface area contributed by atoms with E-state index in [4.69, 9.17) is 5.11 Å². The minimum atomic E-state index is 0.322. The van der Waals surface area contributed by atoms with Crippen LogP contribution >= 0.6 is 0 Å². The molecule has 0 aromatic heterocycles. The maximum absolute atomic E-state index is 8.63. The zero-order chi connectivity index (χ0) is 13.2. The molecule has 2 nitrogen and oxygen atoms in total. The lowest BCUT2D eigenvalue weighted by atomic mass is 10.2. The number of phenols is 1. The van der Waals surface area contributed by atoms with Gasteiger partial charge in [0, 0.05) is 12.2 Å². The van der Waals surface area contributed by atoms with Gasteiger partial charge in [0.05, 0.1) is 0 Å². The van der Waals surface area contributed by atoms with E-state index in [9.17, 15) is 0 Å². The van der Waals surface area contributed by atoms with Crippen molar-refractivity contribution in [1.82, 2.24) is 0 Å². The van der Waals surface area contributed by atoms with Gasteiger partial charge in [-0.05, 0) is 37.1 Å². The maximum atomic E-state index is 8.63. The molecule has 96 valence electrons. The number of anilines is 1. The van der Waals surface area contributed by atoms with Crippen molar-refractivity contribution in [1.29, 1.82) is 0 Å². The molecule has 0 heterocycles. The van der Waals surface area contributed by atoms with Gasteiger partial charge in [-0.3, -0.25) is 0 Å². The van der Waals surface area contributed by atoms with Crippen LogP contribution in [0.4, 0.5) is 5.69 Å². The Morgan fingerprint density at radius 2 is 1.56 bits per heavy atom. The molecule has 0 aliphatic heterocycles. The van der Waals surface area contributed by atoms with Crippen LogP contribution in [0.5, 0.6) is 5.75 Å². The van der Waals surface area contributed by atoms with Crippen molar-refractivity contribution in [3.63, 3.8) is 0 Å². The summed E-state index contributed by atoms with van der Waals surface area (Å²) in [5, 5.41) is 12.0. The van der Waals surface area contributed by atoms with E-state index >= 15 is 0 Å². The average molecular weight is 243 g/mol. The van der Waals surface area contributed by atoms with Crippen molar-refractivity contribution in [2.75, 3.05) is 11.9 Å². The molecule has 0 aliphatic rings. The second-order valence-corrected chi connectivity index (χ2v) is 4.08. The third kappa shape index (κ3) is 5.39. The van der Waals surface area contributed by atoms with Crippen LogP contribution in [-0.4, -0.2) is 11.7 Å². The van der Waals surface area contributed by atoms with Crippen LogP contribution in [0.15, 0.2) is 54.6 Å². The van der Waals surface area contributed by atoms with E-state index in [1.54, 1.807) is 24.3 Å². The summed E-state index contributed by atoms with van der Waals surface area (Å²) in [7, 11) is 0. The second-order valence-electron chi connectivity index (χ2n) is 4.08. The average Bonchev–Trinajstić information content (AvgIpc) is 2.39. The molecule has 18 heavy (non-hydrogen) atoms. The van der Waals surface area contributed by atoms with E-state index in [1.807, 2.05) is 6.07 Å². The first-order valence-corrected chi connectivity index (χ1v) is 6.27. The number of phenolic OH excluding ortho intramolecular Hbond substituents is 1. The van der Waals surface area contributed by atoms with Gasteiger partial charge in [0.2, 0.25) is 0 Å². The number of hydrogen-bond donors (Lipinski definition) is 2. The van der Waals surface area contributed by atoms with Gasteiger partial charge in [-0.25, -0.2) is 0 Å². The Morgan fingerprint density at radius 1 is 0.944 bits per heavy atom. The van der Waals surface area contributed by atoms with Crippen molar-refractivity contribution in [2.45, 2.75) is 20.3 Å². The summed E-state index contributed by atoms with van der Waals surface area (Å²) < 4.78 is 0. The lowest BCUT2D eigenvalue weighted by Gasteiger charge is -2.06. The smallest absolute Gasteiger partial charge is 0.115 e. The first-order chi connectivity index (χ1) is 8.74. The second kappa shape index (κ2) is 8.18. The number of hydrogen-bond acceptors (Lipinski definition) is 2. The van der Waals surface area contributed by atoms with Crippen LogP contribution in [-0.2, 0) is 0 Å². The Kier molecular flexibility index (Phi) is 6.41. The van der Waals surface area contributed by atoms with Crippen LogP contribution in [0.1, 0.15) is 18.9 Å². The van der Waals surface area contributed by atoms with Crippen LogP contribution in [0.3, 0.4) is 0 Å². The molecule has 2 N–H and O–H groups in total. The summed E-state index contributed by atoms with van der Waals surface area (Å²) >= 11 is 0. The Morgan fingerprint density at radius 3 is 2.06 bits per heavy atom. The van der Waals surface area contributed by atoms with Crippen molar-refractivity contribution < 1.29 is 5.11 Å². The predicted octanol–water partition coefficient (Wildman–Crippen LogP) is 4.21. The van der Waals surface area contributed by atoms with E-state index in [1.165, 1.54) is 17.7 Å². The number of aromatic hydroxyl groups is 1. The van der Waals surface area contributed by atoms with Crippen LogP contribution in [0.25, 0.3) is 0 Å².